The van der Waals surface area contributed by atoms with E-state index in [9.17, 15) is 14.9 Å². The van der Waals surface area contributed by atoms with Gasteiger partial charge in [-0.25, -0.2) is 4.79 Å². The minimum atomic E-state index is -0.748. The number of halogens is 1. The first kappa shape index (κ1) is 15.8. The summed E-state index contributed by atoms with van der Waals surface area (Å²) in [5.41, 5.74) is -0.0722. The predicted molar refractivity (Wildman–Crippen MR) is 91.7 cm³/mol. The maximum Gasteiger partial charge on any atom is 0.417 e. The van der Waals surface area contributed by atoms with Gasteiger partial charge in [-0.1, -0.05) is 41.9 Å². The summed E-state index contributed by atoms with van der Waals surface area (Å²) in [4.78, 5) is 22.2. The molecule has 120 valence electrons. The standard InChI is InChI=1S/C17H11ClN2O4/c18-15-8-6-13(10-16(15)20(22)23)19-17(21)24-14-7-5-11-3-1-2-4-12(11)9-14/h1-10H,(H,19,21). The average molecular weight is 343 g/mol. The highest BCUT2D eigenvalue weighted by atomic mass is 35.5. The Labute approximate surface area is 141 Å². The minimum absolute atomic E-state index is 0.00607. The van der Waals surface area contributed by atoms with Crippen LogP contribution in [0.1, 0.15) is 0 Å². The van der Waals surface area contributed by atoms with Crippen molar-refractivity contribution in [1.29, 1.82) is 0 Å². The molecule has 0 spiro atoms. The van der Waals surface area contributed by atoms with Gasteiger partial charge in [0, 0.05) is 6.07 Å². The van der Waals surface area contributed by atoms with E-state index >= 15 is 0 Å². The fourth-order valence-electron chi connectivity index (χ4n) is 2.21. The topological polar surface area (TPSA) is 81.5 Å². The molecule has 0 fully saturated rings. The molecule has 24 heavy (non-hydrogen) atoms. The van der Waals surface area contributed by atoms with Crippen LogP contribution in [0.4, 0.5) is 16.2 Å². The number of nitrogens with zero attached hydrogens (tertiary/aromatic N) is 1. The molecule has 0 aromatic heterocycles. The van der Waals surface area contributed by atoms with E-state index < -0.39 is 11.0 Å². The quantitative estimate of drug-likeness (QED) is 0.535. The van der Waals surface area contributed by atoms with Gasteiger partial charge in [0.2, 0.25) is 0 Å². The van der Waals surface area contributed by atoms with Gasteiger partial charge >= 0.3 is 6.09 Å². The fourth-order valence-corrected chi connectivity index (χ4v) is 2.40. The Kier molecular flexibility index (Phi) is 4.31. The molecule has 0 saturated carbocycles. The lowest BCUT2D eigenvalue weighted by Crippen LogP contribution is -2.16. The zero-order chi connectivity index (χ0) is 17.1. The van der Waals surface area contributed by atoms with Crippen LogP contribution in [0.15, 0.2) is 60.7 Å². The summed E-state index contributed by atoms with van der Waals surface area (Å²) in [6.45, 7) is 0. The number of benzene rings is 3. The van der Waals surface area contributed by atoms with Gasteiger partial charge in [-0.15, -0.1) is 0 Å². The Balaban J connectivity index is 1.75. The number of rotatable bonds is 3. The van der Waals surface area contributed by atoms with E-state index in [0.29, 0.717) is 5.75 Å². The largest absolute Gasteiger partial charge is 0.417 e. The van der Waals surface area contributed by atoms with Crippen LogP contribution in [0, 0.1) is 10.1 Å². The van der Waals surface area contributed by atoms with E-state index in [1.165, 1.54) is 18.2 Å². The number of nitro benzene ring substituents is 1. The molecule has 6 nitrogen and oxygen atoms in total. The minimum Gasteiger partial charge on any atom is -0.410 e. The normalized spacial score (nSPS) is 10.4. The lowest BCUT2D eigenvalue weighted by Gasteiger charge is -2.08. The van der Waals surface area contributed by atoms with Crippen molar-refractivity contribution in [1.82, 2.24) is 0 Å². The molecule has 1 amide bonds. The molecule has 0 atom stereocenters. The molecule has 7 heteroatoms. The summed E-state index contributed by atoms with van der Waals surface area (Å²) in [6.07, 6.45) is -0.748. The van der Waals surface area contributed by atoms with Gasteiger partial charge in [-0.3, -0.25) is 15.4 Å². The number of carbonyl (C=O) groups excluding carboxylic acids is 1. The molecule has 0 aliphatic rings. The molecule has 0 saturated heterocycles. The molecule has 0 aliphatic heterocycles. The highest BCUT2D eigenvalue weighted by molar-refractivity contribution is 6.32. The van der Waals surface area contributed by atoms with Crippen molar-refractivity contribution in [2.75, 3.05) is 5.32 Å². The van der Waals surface area contributed by atoms with Crippen molar-refractivity contribution < 1.29 is 14.5 Å². The molecule has 0 aliphatic carbocycles. The van der Waals surface area contributed by atoms with Crippen molar-refractivity contribution in [2.45, 2.75) is 0 Å². The van der Waals surface area contributed by atoms with Gasteiger partial charge in [-0.2, -0.15) is 0 Å². The van der Waals surface area contributed by atoms with Crippen molar-refractivity contribution >= 4 is 39.8 Å². The first-order valence-electron chi connectivity index (χ1n) is 6.94. The van der Waals surface area contributed by atoms with E-state index in [1.807, 2.05) is 30.3 Å². The Hall–Kier alpha value is -3.12. The van der Waals surface area contributed by atoms with Crippen molar-refractivity contribution in [3.05, 3.63) is 75.8 Å². The molecule has 0 heterocycles. The van der Waals surface area contributed by atoms with E-state index in [2.05, 4.69) is 5.32 Å². The molecule has 3 aromatic carbocycles. The molecule has 0 radical (unpaired) electrons. The van der Waals surface area contributed by atoms with Crippen LogP contribution in [0.5, 0.6) is 5.75 Å². The number of fused-ring (bicyclic) bond motifs is 1. The first-order valence-corrected chi connectivity index (χ1v) is 7.32. The molecule has 1 N–H and O–H groups in total. The van der Waals surface area contributed by atoms with E-state index in [4.69, 9.17) is 16.3 Å². The van der Waals surface area contributed by atoms with Crippen molar-refractivity contribution in [3.63, 3.8) is 0 Å². The van der Waals surface area contributed by atoms with E-state index in [1.54, 1.807) is 12.1 Å². The van der Waals surface area contributed by atoms with Gasteiger partial charge < -0.3 is 4.74 Å². The van der Waals surface area contributed by atoms with Gasteiger partial charge in [0.1, 0.15) is 10.8 Å². The summed E-state index contributed by atoms with van der Waals surface area (Å²) < 4.78 is 5.20. The molecule has 0 bridgehead atoms. The van der Waals surface area contributed by atoms with Gasteiger partial charge in [0.05, 0.1) is 10.6 Å². The summed E-state index contributed by atoms with van der Waals surface area (Å²) in [5.74, 6) is 0.370. The SMILES string of the molecule is O=C(Nc1ccc(Cl)c([N+](=O)[O-])c1)Oc1ccc2ccccc2c1. The predicted octanol–water partition coefficient (Wildman–Crippen LogP) is 5.01. The van der Waals surface area contributed by atoms with Gasteiger partial charge in [0.15, 0.2) is 0 Å². The monoisotopic (exact) mass is 342 g/mol. The molecular weight excluding hydrogens is 332 g/mol. The molecule has 3 rings (SSSR count). The zero-order valence-corrected chi connectivity index (χ0v) is 13.0. The number of carbonyl (C=O) groups is 1. The maximum atomic E-state index is 11.9. The summed E-state index contributed by atoms with van der Waals surface area (Å²) >= 11 is 5.73. The van der Waals surface area contributed by atoms with Crippen LogP contribution in [-0.2, 0) is 0 Å². The van der Waals surface area contributed by atoms with E-state index in [0.717, 1.165) is 10.8 Å². The number of nitro groups is 1. The van der Waals surface area contributed by atoms with Crippen LogP contribution in [0.3, 0.4) is 0 Å². The molecular formula is C17H11ClN2O4. The Morgan fingerprint density at radius 1 is 1.04 bits per heavy atom. The lowest BCUT2D eigenvalue weighted by molar-refractivity contribution is -0.384. The number of hydrogen-bond donors (Lipinski definition) is 1. The van der Waals surface area contributed by atoms with Crippen molar-refractivity contribution in [3.8, 4) is 5.75 Å². The summed E-state index contributed by atoms with van der Waals surface area (Å²) in [5, 5.41) is 15.2. The van der Waals surface area contributed by atoms with Crippen LogP contribution in [0.2, 0.25) is 5.02 Å². The van der Waals surface area contributed by atoms with Crippen LogP contribution >= 0.6 is 11.6 Å². The number of anilines is 1. The second kappa shape index (κ2) is 6.55. The van der Waals surface area contributed by atoms with Crippen LogP contribution in [-0.4, -0.2) is 11.0 Å². The Bertz CT molecular complexity index is 943. The smallest absolute Gasteiger partial charge is 0.410 e. The third-order valence-electron chi connectivity index (χ3n) is 3.32. The van der Waals surface area contributed by atoms with E-state index in [-0.39, 0.29) is 16.4 Å². The maximum absolute atomic E-state index is 11.9. The highest BCUT2D eigenvalue weighted by Gasteiger charge is 2.14. The number of amides is 1. The fraction of sp³-hybridized carbons (Fsp3) is 0. The number of hydrogen-bond acceptors (Lipinski definition) is 4. The summed E-state index contributed by atoms with van der Waals surface area (Å²) in [7, 11) is 0. The third kappa shape index (κ3) is 3.44. The first-order chi connectivity index (χ1) is 11.5. The zero-order valence-electron chi connectivity index (χ0n) is 12.2. The second-order valence-electron chi connectivity index (χ2n) is 4.95. The Morgan fingerprint density at radius 3 is 2.54 bits per heavy atom. The van der Waals surface area contributed by atoms with Gasteiger partial charge in [-0.05, 0) is 35.0 Å². The average Bonchev–Trinajstić information content (AvgIpc) is 2.56. The lowest BCUT2D eigenvalue weighted by atomic mass is 10.1. The van der Waals surface area contributed by atoms with Crippen LogP contribution < -0.4 is 10.1 Å². The summed E-state index contributed by atoms with van der Waals surface area (Å²) in [6, 6.07) is 16.9. The number of nitrogens with one attached hydrogen (secondary N) is 1. The highest BCUT2D eigenvalue weighted by Crippen LogP contribution is 2.27. The van der Waals surface area contributed by atoms with Crippen molar-refractivity contribution in [2.24, 2.45) is 0 Å². The third-order valence-corrected chi connectivity index (χ3v) is 3.64. The van der Waals surface area contributed by atoms with Crippen LogP contribution in [0.25, 0.3) is 10.8 Å². The Morgan fingerprint density at radius 2 is 1.79 bits per heavy atom. The molecule has 3 aromatic rings. The van der Waals surface area contributed by atoms with Gasteiger partial charge in [0.25, 0.3) is 5.69 Å². The molecule has 0 unspecified atom stereocenters. The second-order valence-corrected chi connectivity index (χ2v) is 5.35. The number of ether oxygens (including phenoxy) is 1.